The molecule has 0 aromatic heterocycles. The standard InChI is InChI=1S/C5H10OSi/c1-2-3-4-5-6-7/h2-4H,1,5H2,7H3. The fourth-order valence-corrected chi connectivity index (χ4v) is 0.440. The van der Waals surface area contributed by atoms with Crippen LogP contribution in [0.2, 0.25) is 0 Å². The van der Waals surface area contributed by atoms with Crippen LogP contribution in [0.3, 0.4) is 0 Å². The van der Waals surface area contributed by atoms with E-state index in [4.69, 9.17) is 4.43 Å². The van der Waals surface area contributed by atoms with Crippen LogP contribution >= 0.6 is 0 Å². The van der Waals surface area contributed by atoms with Crippen LogP contribution in [-0.2, 0) is 4.43 Å². The van der Waals surface area contributed by atoms with Gasteiger partial charge in [-0.3, -0.25) is 0 Å². The highest BCUT2D eigenvalue weighted by Gasteiger charge is 1.63. The summed E-state index contributed by atoms with van der Waals surface area (Å²) in [5, 5.41) is 0. The third-order valence-corrected chi connectivity index (χ3v) is 0.868. The van der Waals surface area contributed by atoms with Crippen molar-refractivity contribution in [2.45, 2.75) is 0 Å². The molecule has 0 radical (unpaired) electrons. The van der Waals surface area contributed by atoms with Crippen molar-refractivity contribution in [3.8, 4) is 0 Å². The average molecular weight is 114 g/mol. The van der Waals surface area contributed by atoms with Crippen LogP contribution in [0, 0.1) is 0 Å². The number of hydrogen-bond donors (Lipinski definition) is 0. The molecule has 1 nitrogen and oxygen atoms in total. The zero-order valence-corrected chi connectivity index (χ0v) is 6.55. The van der Waals surface area contributed by atoms with Crippen molar-refractivity contribution in [2.24, 2.45) is 0 Å². The topological polar surface area (TPSA) is 9.23 Å². The van der Waals surface area contributed by atoms with Crippen molar-refractivity contribution in [1.29, 1.82) is 0 Å². The molecule has 0 N–H and O–H groups in total. The van der Waals surface area contributed by atoms with Crippen LogP contribution < -0.4 is 0 Å². The number of hydrogen-bond acceptors (Lipinski definition) is 1. The zero-order chi connectivity index (χ0) is 5.54. The minimum Gasteiger partial charge on any atom is -0.424 e. The Hall–Kier alpha value is -0.343. The maximum absolute atomic E-state index is 4.85. The lowest BCUT2D eigenvalue weighted by Gasteiger charge is -1.83. The second-order valence-electron chi connectivity index (χ2n) is 1.12. The Morgan fingerprint density at radius 3 is 2.86 bits per heavy atom. The van der Waals surface area contributed by atoms with Crippen LogP contribution in [0.25, 0.3) is 0 Å². The van der Waals surface area contributed by atoms with Gasteiger partial charge in [-0.1, -0.05) is 24.8 Å². The van der Waals surface area contributed by atoms with E-state index >= 15 is 0 Å². The van der Waals surface area contributed by atoms with E-state index in [0.29, 0.717) is 0 Å². The van der Waals surface area contributed by atoms with Gasteiger partial charge in [-0.25, -0.2) is 0 Å². The lowest BCUT2D eigenvalue weighted by Crippen LogP contribution is -1.80. The molecule has 0 saturated carbocycles. The minimum absolute atomic E-state index is 0.734. The highest BCUT2D eigenvalue weighted by Crippen LogP contribution is 1.71. The molecular weight excluding hydrogens is 104 g/mol. The maximum Gasteiger partial charge on any atom is 0.146 e. The summed E-state index contributed by atoms with van der Waals surface area (Å²) in [7, 11) is 0.820. The predicted molar refractivity (Wildman–Crippen MR) is 35.2 cm³/mol. The van der Waals surface area contributed by atoms with E-state index in [1.54, 1.807) is 6.08 Å². The van der Waals surface area contributed by atoms with Gasteiger partial charge in [0.15, 0.2) is 0 Å². The van der Waals surface area contributed by atoms with E-state index < -0.39 is 0 Å². The molecule has 0 heterocycles. The SMILES string of the molecule is C=CC=CCO[SiH3]. The molecule has 0 rings (SSSR count). The van der Waals surface area contributed by atoms with Crippen molar-refractivity contribution >= 4 is 10.5 Å². The second kappa shape index (κ2) is 5.66. The number of rotatable bonds is 3. The lowest BCUT2D eigenvalue weighted by atomic mass is 10.5. The molecule has 0 unspecified atom stereocenters. The highest BCUT2D eigenvalue weighted by molar-refractivity contribution is 5.98. The summed E-state index contributed by atoms with van der Waals surface area (Å²) in [6.45, 7) is 4.24. The minimum atomic E-state index is 0.734. The molecule has 0 aliphatic carbocycles. The monoisotopic (exact) mass is 114 g/mol. The first kappa shape index (κ1) is 6.66. The first-order chi connectivity index (χ1) is 3.41. The molecule has 0 bridgehead atoms. The van der Waals surface area contributed by atoms with Crippen molar-refractivity contribution in [3.63, 3.8) is 0 Å². The molecule has 7 heavy (non-hydrogen) atoms. The van der Waals surface area contributed by atoms with E-state index in [0.717, 1.165) is 17.1 Å². The Kier molecular flexibility index (Phi) is 5.38. The molecule has 0 aliphatic heterocycles. The largest absolute Gasteiger partial charge is 0.424 e. The fourth-order valence-electron chi connectivity index (χ4n) is 0.248. The van der Waals surface area contributed by atoms with Gasteiger partial charge in [0.05, 0.1) is 6.61 Å². The molecule has 0 atom stereocenters. The summed E-state index contributed by atoms with van der Waals surface area (Å²) in [6.07, 6.45) is 5.54. The van der Waals surface area contributed by atoms with E-state index in [-0.39, 0.29) is 0 Å². The molecule has 0 aliphatic rings. The Morgan fingerprint density at radius 2 is 2.43 bits per heavy atom. The summed E-state index contributed by atoms with van der Waals surface area (Å²) in [5.41, 5.74) is 0. The second-order valence-corrected chi connectivity index (χ2v) is 1.70. The quantitative estimate of drug-likeness (QED) is 0.371. The van der Waals surface area contributed by atoms with Gasteiger partial charge in [0.1, 0.15) is 10.5 Å². The van der Waals surface area contributed by atoms with Crippen molar-refractivity contribution in [3.05, 3.63) is 24.8 Å². The first-order valence-corrected chi connectivity index (χ1v) is 3.00. The van der Waals surface area contributed by atoms with E-state index in [2.05, 4.69) is 6.58 Å². The van der Waals surface area contributed by atoms with Crippen molar-refractivity contribution < 1.29 is 4.43 Å². The predicted octanol–water partition coefficient (Wildman–Crippen LogP) is 0.0256. The smallest absolute Gasteiger partial charge is 0.146 e. The highest BCUT2D eigenvalue weighted by atomic mass is 28.2. The van der Waals surface area contributed by atoms with Crippen LogP contribution in [0.15, 0.2) is 24.8 Å². The summed E-state index contributed by atoms with van der Waals surface area (Å²) >= 11 is 0. The molecule has 0 amide bonds. The molecule has 40 valence electrons. The van der Waals surface area contributed by atoms with E-state index in [9.17, 15) is 0 Å². The van der Waals surface area contributed by atoms with E-state index in [1.165, 1.54) is 0 Å². The van der Waals surface area contributed by atoms with Gasteiger partial charge in [-0.05, 0) is 0 Å². The number of allylic oxidation sites excluding steroid dienone is 2. The fraction of sp³-hybridized carbons (Fsp3) is 0.200. The van der Waals surface area contributed by atoms with Crippen LogP contribution in [-0.4, -0.2) is 17.1 Å². The molecule has 2 heteroatoms. The first-order valence-electron chi connectivity index (χ1n) is 2.18. The lowest BCUT2D eigenvalue weighted by molar-refractivity contribution is 0.401. The zero-order valence-electron chi connectivity index (χ0n) is 4.55. The summed E-state index contributed by atoms with van der Waals surface area (Å²) in [5.74, 6) is 0. The molecule has 0 spiro atoms. The molecule has 0 aromatic carbocycles. The molecular formula is C5H10OSi. The summed E-state index contributed by atoms with van der Waals surface area (Å²) < 4.78 is 4.85. The Labute approximate surface area is 47.2 Å². The third-order valence-electron chi connectivity index (χ3n) is 0.535. The van der Waals surface area contributed by atoms with Crippen LogP contribution in [0.4, 0.5) is 0 Å². The summed E-state index contributed by atoms with van der Waals surface area (Å²) in [4.78, 5) is 0. The normalized spacial score (nSPS) is 10.3. The Bertz CT molecular complexity index is 68.5. The van der Waals surface area contributed by atoms with Gasteiger partial charge in [-0.2, -0.15) is 0 Å². The van der Waals surface area contributed by atoms with Crippen molar-refractivity contribution in [2.75, 3.05) is 6.61 Å². The van der Waals surface area contributed by atoms with Gasteiger partial charge >= 0.3 is 0 Å². The van der Waals surface area contributed by atoms with Crippen LogP contribution in [0.1, 0.15) is 0 Å². The third kappa shape index (κ3) is 5.66. The van der Waals surface area contributed by atoms with Gasteiger partial charge in [-0.15, -0.1) is 0 Å². The van der Waals surface area contributed by atoms with Crippen molar-refractivity contribution in [1.82, 2.24) is 0 Å². The Morgan fingerprint density at radius 1 is 1.71 bits per heavy atom. The van der Waals surface area contributed by atoms with E-state index in [1.807, 2.05) is 12.2 Å². The average Bonchev–Trinajstić information content (AvgIpc) is 1.69. The van der Waals surface area contributed by atoms with Crippen LogP contribution in [0.5, 0.6) is 0 Å². The van der Waals surface area contributed by atoms with Gasteiger partial charge < -0.3 is 4.43 Å². The Balaban J connectivity index is 2.92. The molecule has 0 aromatic rings. The molecule has 0 saturated heterocycles. The van der Waals surface area contributed by atoms with Gasteiger partial charge in [0, 0.05) is 0 Å². The molecule has 0 fully saturated rings. The summed E-state index contributed by atoms with van der Waals surface area (Å²) in [6, 6.07) is 0. The maximum atomic E-state index is 4.85. The van der Waals surface area contributed by atoms with Gasteiger partial charge in [0.2, 0.25) is 0 Å². The van der Waals surface area contributed by atoms with Gasteiger partial charge in [0.25, 0.3) is 0 Å².